The average Bonchev–Trinajstić information content (AvgIpc) is 2.56. The van der Waals surface area contributed by atoms with Gasteiger partial charge in [-0.3, -0.25) is 14.4 Å². The van der Waals surface area contributed by atoms with Gasteiger partial charge in [-0.25, -0.2) is 0 Å². The van der Waals surface area contributed by atoms with E-state index in [0.717, 1.165) is 0 Å². The van der Waals surface area contributed by atoms with Crippen LogP contribution in [-0.2, 0) is 4.79 Å². The van der Waals surface area contributed by atoms with E-state index in [4.69, 9.17) is 4.42 Å². The molecule has 1 aromatic heterocycles. The SMILES string of the molecule is CCN1CCN(C(=O)c2cc(=O)c3ccccc3o2)C(C)C1=O. The molecular weight excluding hydrogens is 296 g/mol. The maximum Gasteiger partial charge on any atom is 0.290 e. The summed E-state index contributed by atoms with van der Waals surface area (Å²) in [6, 6.07) is 7.43. The zero-order valence-corrected chi connectivity index (χ0v) is 13.1. The molecule has 0 N–H and O–H groups in total. The summed E-state index contributed by atoms with van der Waals surface area (Å²) >= 11 is 0. The maximum atomic E-state index is 12.7. The zero-order valence-electron chi connectivity index (χ0n) is 13.1. The maximum absolute atomic E-state index is 12.7. The lowest BCUT2D eigenvalue weighted by Gasteiger charge is -2.38. The van der Waals surface area contributed by atoms with Gasteiger partial charge in [0.15, 0.2) is 11.2 Å². The van der Waals surface area contributed by atoms with Gasteiger partial charge in [-0.1, -0.05) is 12.1 Å². The fourth-order valence-electron chi connectivity index (χ4n) is 2.87. The van der Waals surface area contributed by atoms with Crippen LogP contribution in [0.2, 0.25) is 0 Å². The fraction of sp³-hybridized carbons (Fsp3) is 0.353. The number of amides is 2. The van der Waals surface area contributed by atoms with Gasteiger partial charge in [0.2, 0.25) is 5.91 Å². The van der Waals surface area contributed by atoms with Crippen LogP contribution >= 0.6 is 0 Å². The number of carbonyl (C=O) groups excluding carboxylic acids is 2. The Morgan fingerprint density at radius 3 is 2.74 bits per heavy atom. The first-order valence-electron chi connectivity index (χ1n) is 7.65. The van der Waals surface area contributed by atoms with Crippen LogP contribution in [0.1, 0.15) is 24.4 Å². The van der Waals surface area contributed by atoms with Crippen molar-refractivity contribution in [3.05, 3.63) is 46.3 Å². The monoisotopic (exact) mass is 314 g/mol. The topological polar surface area (TPSA) is 70.8 Å². The van der Waals surface area contributed by atoms with E-state index < -0.39 is 11.9 Å². The molecule has 0 bridgehead atoms. The van der Waals surface area contributed by atoms with Crippen LogP contribution < -0.4 is 5.43 Å². The lowest BCUT2D eigenvalue weighted by molar-refractivity contribution is -0.139. The summed E-state index contributed by atoms with van der Waals surface area (Å²) in [5.41, 5.74) is 0.107. The molecule has 6 nitrogen and oxygen atoms in total. The van der Waals surface area contributed by atoms with E-state index in [0.29, 0.717) is 30.6 Å². The first kappa shape index (κ1) is 15.3. The first-order chi connectivity index (χ1) is 11.0. The largest absolute Gasteiger partial charge is 0.451 e. The van der Waals surface area contributed by atoms with Crippen molar-refractivity contribution >= 4 is 22.8 Å². The number of para-hydroxylation sites is 1. The summed E-state index contributed by atoms with van der Waals surface area (Å²) in [5, 5.41) is 0.434. The third kappa shape index (κ3) is 2.60. The molecule has 0 spiro atoms. The molecule has 1 aromatic carbocycles. The van der Waals surface area contributed by atoms with E-state index in [1.54, 1.807) is 36.1 Å². The van der Waals surface area contributed by atoms with E-state index in [2.05, 4.69) is 0 Å². The Labute approximate surface area is 133 Å². The molecule has 2 aromatic rings. The molecule has 2 amide bonds. The minimum absolute atomic E-state index is 0.0294. The highest BCUT2D eigenvalue weighted by atomic mass is 16.3. The van der Waals surface area contributed by atoms with Crippen LogP contribution in [0.15, 0.2) is 39.5 Å². The Hall–Kier alpha value is -2.63. The average molecular weight is 314 g/mol. The Balaban J connectivity index is 1.95. The molecule has 1 aliphatic rings. The van der Waals surface area contributed by atoms with E-state index in [1.807, 2.05) is 6.92 Å². The van der Waals surface area contributed by atoms with Crippen LogP contribution in [-0.4, -0.2) is 47.3 Å². The van der Waals surface area contributed by atoms with Gasteiger partial charge < -0.3 is 14.2 Å². The van der Waals surface area contributed by atoms with E-state index >= 15 is 0 Å². The highest BCUT2D eigenvalue weighted by Gasteiger charge is 2.35. The summed E-state index contributed by atoms with van der Waals surface area (Å²) in [6.45, 7) is 5.14. The van der Waals surface area contributed by atoms with Crippen molar-refractivity contribution in [3.63, 3.8) is 0 Å². The molecule has 2 heterocycles. The lowest BCUT2D eigenvalue weighted by atomic mass is 10.1. The summed E-state index contributed by atoms with van der Waals surface area (Å²) in [6.07, 6.45) is 0. The van der Waals surface area contributed by atoms with E-state index in [9.17, 15) is 14.4 Å². The van der Waals surface area contributed by atoms with Gasteiger partial charge in [0.1, 0.15) is 11.6 Å². The van der Waals surface area contributed by atoms with Gasteiger partial charge in [0.05, 0.1) is 5.39 Å². The van der Waals surface area contributed by atoms with E-state index in [1.165, 1.54) is 11.0 Å². The van der Waals surface area contributed by atoms with Gasteiger partial charge >= 0.3 is 0 Å². The number of hydrogen-bond donors (Lipinski definition) is 0. The molecule has 1 unspecified atom stereocenters. The molecule has 1 saturated heterocycles. The minimum atomic E-state index is -0.562. The number of likely N-dealkylation sites (N-methyl/N-ethyl adjacent to an activating group) is 1. The van der Waals surface area contributed by atoms with Crippen molar-refractivity contribution in [1.29, 1.82) is 0 Å². The Morgan fingerprint density at radius 1 is 1.26 bits per heavy atom. The number of carbonyl (C=O) groups is 2. The summed E-state index contributed by atoms with van der Waals surface area (Å²) < 4.78 is 5.58. The molecule has 1 fully saturated rings. The molecule has 0 radical (unpaired) electrons. The molecule has 3 rings (SSSR count). The second kappa shape index (κ2) is 5.87. The third-order valence-corrected chi connectivity index (χ3v) is 4.24. The van der Waals surface area contributed by atoms with Crippen molar-refractivity contribution in [1.82, 2.24) is 9.80 Å². The first-order valence-corrected chi connectivity index (χ1v) is 7.65. The van der Waals surface area contributed by atoms with Gasteiger partial charge in [0, 0.05) is 25.7 Å². The van der Waals surface area contributed by atoms with Crippen molar-refractivity contribution in [2.45, 2.75) is 19.9 Å². The molecule has 1 aliphatic heterocycles. The second-order valence-electron chi connectivity index (χ2n) is 5.56. The number of hydrogen-bond acceptors (Lipinski definition) is 4. The fourth-order valence-corrected chi connectivity index (χ4v) is 2.87. The normalized spacial score (nSPS) is 18.5. The van der Waals surface area contributed by atoms with Gasteiger partial charge in [-0.2, -0.15) is 0 Å². The van der Waals surface area contributed by atoms with Crippen LogP contribution in [0.4, 0.5) is 0 Å². The van der Waals surface area contributed by atoms with Crippen molar-refractivity contribution < 1.29 is 14.0 Å². The van der Waals surface area contributed by atoms with Gasteiger partial charge in [-0.05, 0) is 26.0 Å². The highest BCUT2D eigenvalue weighted by molar-refractivity contribution is 5.97. The molecule has 0 saturated carbocycles. The van der Waals surface area contributed by atoms with Gasteiger partial charge in [0.25, 0.3) is 5.91 Å². The Bertz CT molecular complexity index is 827. The standard InChI is InChI=1S/C17H18N2O4/c1-3-18-8-9-19(11(2)16(18)21)17(22)15-10-13(20)12-6-4-5-7-14(12)23-15/h4-7,10-11H,3,8-9H2,1-2H3. The lowest BCUT2D eigenvalue weighted by Crippen LogP contribution is -2.57. The number of nitrogens with zero attached hydrogens (tertiary/aromatic N) is 2. The van der Waals surface area contributed by atoms with Gasteiger partial charge in [-0.15, -0.1) is 0 Å². The summed E-state index contributed by atoms with van der Waals surface area (Å²) in [7, 11) is 0. The van der Waals surface area contributed by atoms with Crippen molar-refractivity contribution in [3.8, 4) is 0 Å². The molecule has 23 heavy (non-hydrogen) atoms. The Kier molecular flexibility index (Phi) is 3.90. The predicted octanol–water partition coefficient (Wildman–Crippen LogP) is 1.49. The van der Waals surface area contributed by atoms with Crippen LogP contribution in [0.25, 0.3) is 11.0 Å². The molecular formula is C17H18N2O4. The number of piperazine rings is 1. The molecule has 6 heteroatoms. The second-order valence-corrected chi connectivity index (χ2v) is 5.56. The number of fused-ring (bicyclic) bond motifs is 1. The van der Waals surface area contributed by atoms with Crippen LogP contribution in [0.3, 0.4) is 0 Å². The van der Waals surface area contributed by atoms with Crippen LogP contribution in [0.5, 0.6) is 0 Å². The highest BCUT2D eigenvalue weighted by Crippen LogP contribution is 2.17. The molecule has 0 aliphatic carbocycles. The van der Waals surface area contributed by atoms with Crippen LogP contribution in [0, 0.1) is 0 Å². The Morgan fingerprint density at radius 2 is 2.00 bits per heavy atom. The summed E-state index contributed by atoms with van der Waals surface area (Å²) in [4.78, 5) is 40.2. The third-order valence-electron chi connectivity index (χ3n) is 4.24. The summed E-state index contributed by atoms with van der Waals surface area (Å²) in [5.74, 6) is -0.544. The van der Waals surface area contributed by atoms with E-state index in [-0.39, 0.29) is 17.1 Å². The quantitative estimate of drug-likeness (QED) is 0.842. The number of rotatable bonds is 2. The van der Waals surface area contributed by atoms with Crippen molar-refractivity contribution in [2.75, 3.05) is 19.6 Å². The predicted molar refractivity (Wildman–Crippen MR) is 85.2 cm³/mol. The number of benzene rings is 1. The minimum Gasteiger partial charge on any atom is -0.451 e. The zero-order chi connectivity index (χ0) is 16.6. The molecule has 1 atom stereocenters. The smallest absolute Gasteiger partial charge is 0.290 e. The van der Waals surface area contributed by atoms with Crippen molar-refractivity contribution in [2.24, 2.45) is 0 Å². The molecule has 120 valence electrons.